The number of imidazole rings is 1. The van der Waals surface area contributed by atoms with Gasteiger partial charge in [0.15, 0.2) is 5.65 Å². The standard InChI is InChI=1S/C21H24F2N4O3/c1-11(28)19(29)26-8-13-5-12(6-14(13)9-26)16-3-4-17-18(24-16)25(2)20(30)27(17)10-15-7-21(15,22)23/h3-5,11,13-15,28H,6-10H2,1-2H3/t11-,13?,14?,15?/m0/s1. The number of alkyl halides is 2. The number of rotatable bonds is 4. The lowest BCUT2D eigenvalue weighted by atomic mass is 9.99. The van der Waals surface area contributed by atoms with Crippen LogP contribution in [0.4, 0.5) is 8.78 Å². The first-order valence-electron chi connectivity index (χ1n) is 10.3. The fourth-order valence-electron chi connectivity index (χ4n) is 4.86. The molecule has 3 aliphatic rings. The molecule has 1 amide bonds. The van der Waals surface area contributed by atoms with E-state index in [0.29, 0.717) is 30.2 Å². The molecular weight excluding hydrogens is 394 g/mol. The van der Waals surface area contributed by atoms with Crippen LogP contribution >= 0.6 is 0 Å². The summed E-state index contributed by atoms with van der Waals surface area (Å²) in [6.07, 6.45) is 1.74. The van der Waals surface area contributed by atoms with Gasteiger partial charge in [0.05, 0.1) is 11.2 Å². The summed E-state index contributed by atoms with van der Waals surface area (Å²) < 4.78 is 29.5. The van der Waals surface area contributed by atoms with Crippen molar-refractivity contribution in [3.05, 3.63) is 34.4 Å². The van der Waals surface area contributed by atoms with Crippen LogP contribution in [0.3, 0.4) is 0 Å². The van der Waals surface area contributed by atoms with Crippen molar-refractivity contribution in [2.45, 2.75) is 38.3 Å². The largest absolute Gasteiger partial charge is 0.384 e. The van der Waals surface area contributed by atoms with Crippen molar-refractivity contribution in [2.24, 2.45) is 24.8 Å². The molecule has 2 aromatic rings. The molecular formula is C21H24F2N4O3. The van der Waals surface area contributed by atoms with Crippen LogP contribution in [0, 0.1) is 17.8 Å². The summed E-state index contributed by atoms with van der Waals surface area (Å²) >= 11 is 0. The number of carbonyl (C=O) groups excluding carboxylic acids is 1. The highest BCUT2D eigenvalue weighted by atomic mass is 19.3. The second-order valence-corrected chi connectivity index (χ2v) is 8.89. The number of aliphatic hydroxyl groups is 1. The Balaban J connectivity index is 1.40. The fraction of sp³-hybridized carbons (Fsp3) is 0.571. The Morgan fingerprint density at radius 1 is 1.37 bits per heavy atom. The molecule has 1 aliphatic heterocycles. The first-order chi connectivity index (χ1) is 14.2. The minimum atomic E-state index is -2.68. The van der Waals surface area contributed by atoms with Crippen LogP contribution in [0.15, 0.2) is 23.0 Å². The van der Waals surface area contributed by atoms with Crippen LogP contribution in [0.2, 0.25) is 0 Å². The lowest BCUT2D eigenvalue weighted by Gasteiger charge is -2.18. The normalized spacial score (nSPS) is 28.0. The molecule has 4 atom stereocenters. The SMILES string of the molecule is C[C@H](O)C(=O)N1CC2C=C(c3ccc4c(n3)n(C)c(=O)n4CC3CC3(F)F)CC2C1. The van der Waals surface area contributed by atoms with Crippen molar-refractivity contribution in [2.75, 3.05) is 13.1 Å². The molecule has 30 heavy (non-hydrogen) atoms. The molecule has 1 saturated carbocycles. The number of hydrogen-bond acceptors (Lipinski definition) is 4. The molecule has 5 rings (SSSR count). The van der Waals surface area contributed by atoms with Gasteiger partial charge in [-0.05, 0) is 42.9 Å². The molecule has 160 valence electrons. The zero-order valence-electron chi connectivity index (χ0n) is 16.9. The lowest BCUT2D eigenvalue weighted by molar-refractivity contribution is -0.138. The van der Waals surface area contributed by atoms with Gasteiger partial charge < -0.3 is 10.0 Å². The number of pyridine rings is 1. The number of aromatic nitrogens is 3. The third-order valence-electron chi connectivity index (χ3n) is 6.73. The van der Waals surface area contributed by atoms with Crippen molar-refractivity contribution < 1.29 is 18.7 Å². The van der Waals surface area contributed by atoms with Crippen LogP contribution in [-0.2, 0) is 18.4 Å². The van der Waals surface area contributed by atoms with E-state index in [9.17, 15) is 23.5 Å². The van der Waals surface area contributed by atoms with E-state index in [0.717, 1.165) is 17.7 Å². The molecule has 2 fully saturated rings. The Morgan fingerprint density at radius 3 is 2.73 bits per heavy atom. The average Bonchev–Trinajstić information content (AvgIpc) is 3.02. The van der Waals surface area contributed by atoms with Gasteiger partial charge in [0.25, 0.3) is 11.8 Å². The number of amides is 1. The number of carbonyl (C=O) groups is 1. The number of hydrogen-bond donors (Lipinski definition) is 1. The Hall–Kier alpha value is -2.55. The first-order valence-corrected chi connectivity index (χ1v) is 10.3. The van der Waals surface area contributed by atoms with Crippen LogP contribution in [0.5, 0.6) is 0 Å². The molecule has 0 radical (unpaired) electrons. The molecule has 7 nitrogen and oxygen atoms in total. The number of aryl methyl sites for hydroxylation is 1. The number of allylic oxidation sites excluding steroid dienone is 1. The van der Waals surface area contributed by atoms with Gasteiger partial charge in [0.2, 0.25) is 0 Å². The van der Waals surface area contributed by atoms with E-state index in [4.69, 9.17) is 0 Å². The van der Waals surface area contributed by atoms with E-state index >= 15 is 0 Å². The van der Waals surface area contributed by atoms with E-state index in [1.165, 1.54) is 16.1 Å². The van der Waals surface area contributed by atoms with Crippen LogP contribution in [-0.4, -0.2) is 55.1 Å². The lowest BCUT2D eigenvalue weighted by Crippen LogP contribution is -2.36. The highest BCUT2D eigenvalue weighted by Crippen LogP contribution is 2.49. The van der Waals surface area contributed by atoms with Gasteiger partial charge in [-0.3, -0.25) is 13.9 Å². The first kappa shape index (κ1) is 19.4. The van der Waals surface area contributed by atoms with Gasteiger partial charge in [-0.15, -0.1) is 0 Å². The molecule has 3 unspecified atom stereocenters. The van der Waals surface area contributed by atoms with Gasteiger partial charge in [0.1, 0.15) is 6.10 Å². The van der Waals surface area contributed by atoms with Crippen LogP contribution in [0.25, 0.3) is 16.7 Å². The van der Waals surface area contributed by atoms with Crippen molar-refractivity contribution in [1.82, 2.24) is 19.0 Å². The second-order valence-electron chi connectivity index (χ2n) is 8.89. The number of fused-ring (bicyclic) bond motifs is 2. The maximum atomic E-state index is 13.3. The molecule has 9 heteroatoms. The maximum absolute atomic E-state index is 13.3. The van der Waals surface area contributed by atoms with E-state index in [-0.39, 0.29) is 30.5 Å². The quantitative estimate of drug-likeness (QED) is 0.819. The van der Waals surface area contributed by atoms with Crippen LogP contribution in [0.1, 0.15) is 25.5 Å². The molecule has 0 aromatic carbocycles. The highest BCUT2D eigenvalue weighted by Gasteiger charge is 2.57. The summed E-state index contributed by atoms with van der Waals surface area (Å²) in [5, 5.41) is 9.52. The van der Waals surface area contributed by atoms with Crippen molar-refractivity contribution in [1.29, 1.82) is 0 Å². The van der Waals surface area contributed by atoms with Gasteiger partial charge in [-0.2, -0.15) is 0 Å². The van der Waals surface area contributed by atoms with Gasteiger partial charge in [0, 0.05) is 39.0 Å². The summed E-state index contributed by atoms with van der Waals surface area (Å²) in [6.45, 7) is 2.69. The van der Waals surface area contributed by atoms with Gasteiger partial charge in [-0.1, -0.05) is 6.08 Å². The number of halogens is 2. The zero-order valence-corrected chi connectivity index (χ0v) is 16.9. The third-order valence-corrected chi connectivity index (χ3v) is 6.73. The Labute approximate surface area is 171 Å². The summed E-state index contributed by atoms with van der Waals surface area (Å²) in [5.74, 6) is -3.18. The fourth-order valence-corrected chi connectivity index (χ4v) is 4.86. The maximum Gasteiger partial charge on any atom is 0.330 e. The molecule has 2 aliphatic carbocycles. The predicted molar refractivity (Wildman–Crippen MR) is 106 cm³/mol. The molecule has 3 heterocycles. The Morgan fingerprint density at radius 2 is 2.10 bits per heavy atom. The van der Waals surface area contributed by atoms with Gasteiger partial charge >= 0.3 is 5.69 Å². The Bertz CT molecular complexity index is 1130. The molecule has 0 bridgehead atoms. The smallest absolute Gasteiger partial charge is 0.330 e. The van der Waals surface area contributed by atoms with E-state index < -0.39 is 17.9 Å². The minimum absolute atomic E-state index is 0.00415. The zero-order chi connectivity index (χ0) is 21.4. The van der Waals surface area contributed by atoms with E-state index in [1.807, 2.05) is 6.07 Å². The van der Waals surface area contributed by atoms with E-state index in [2.05, 4.69) is 11.1 Å². The molecule has 2 aromatic heterocycles. The van der Waals surface area contributed by atoms with Gasteiger partial charge in [-0.25, -0.2) is 18.6 Å². The summed E-state index contributed by atoms with van der Waals surface area (Å²) in [4.78, 5) is 31.0. The molecule has 1 N–H and O–H groups in total. The molecule has 1 saturated heterocycles. The monoisotopic (exact) mass is 418 g/mol. The number of aliphatic hydroxyl groups excluding tert-OH is 1. The summed E-state index contributed by atoms with van der Waals surface area (Å²) in [7, 11) is 1.61. The Kier molecular flexibility index (Phi) is 4.19. The number of likely N-dealkylation sites (tertiary alicyclic amines) is 1. The van der Waals surface area contributed by atoms with Crippen molar-refractivity contribution >= 4 is 22.6 Å². The second kappa shape index (κ2) is 6.47. The highest BCUT2D eigenvalue weighted by molar-refractivity contribution is 5.81. The molecule has 0 spiro atoms. The van der Waals surface area contributed by atoms with Crippen molar-refractivity contribution in [3.8, 4) is 0 Å². The van der Waals surface area contributed by atoms with Crippen molar-refractivity contribution in [3.63, 3.8) is 0 Å². The number of nitrogens with zero attached hydrogens (tertiary/aromatic N) is 4. The summed E-state index contributed by atoms with van der Waals surface area (Å²) in [6, 6.07) is 3.63. The van der Waals surface area contributed by atoms with Crippen LogP contribution < -0.4 is 5.69 Å². The third kappa shape index (κ3) is 2.98. The average molecular weight is 418 g/mol. The summed E-state index contributed by atoms with van der Waals surface area (Å²) in [5.41, 5.74) is 2.58. The topological polar surface area (TPSA) is 80.4 Å². The predicted octanol–water partition coefficient (Wildman–Crippen LogP) is 1.63. The minimum Gasteiger partial charge on any atom is -0.384 e. The van der Waals surface area contributed by atoms with E-state index in [1.54, 1.807) is 18.0 Å².